The summed E-state index contributed by atoms with van der Waals surface area (Å²) in [5.41, 5.74) is 1.42. The van der Waals surface area contributed by atoms with Gasteiger partial charge in [-0.1, -0.05) is 0 Å². The predicted octanol–water partition coefficient (Wildman–Crippen LogP) is 1.34. The number of hydrogen-bond acceptors (Lipinski definition) is 4. The number of hydrogen-bond donors (Lipinski definition) is 2. The number of amides is 1. The van der Waals surface area contributed by atoms with Gasteiger partial charge >= 0.3 is 0 Å². The van der Waals surface area contributed by atoms with Crippen molar-refractivity contribution in [1.29, 1.82) is 0 Å². The molecule has 5 nitrogen and oxygen atoms in total. The van der Waals surface area contributed by atoms with Gasteiger partial charge in [0.15, 0.2) is 0 Å². The van der Waals surface area contributed by atoms with Gasteiger partial charge in [-0.15, -0.1) is 0 Å². The molecule has 1 aromatic heterocycles. The molecule has 0 bridgehead atoms. The van der Waals surface area contributed by atoms with Crippen molar-refractivity contribution in [2.75, 3.05) is 38.5 Å². The summed E-state index contributed by atoms with van der Waals surface area (Å²) in [5.74, 6) is -0.0566. The zero-order chi connectivity index (χ0) is 13.5. The lowest BCUT2D eigenvalue weighted by Crippen LogP contribution is -2.29. The third-order valence-corrected chi connectivity index (χ3v) is 3.47. The van der Waals surface area contributed by atoms with Gasteiger partial charge < -0.3 is 15.5 Å². The van der Waals surface area contributed by atoms with E-state index in [1.807, 2.05) is 0 Å². The van der Waals surface area contributed by atoms with Crippen molar-refractivity contribution in [3.8, 4) is 0 Å². The van der Waals surface area contributed by atoms with E-state index < -0.39 is 0 Å². The minimum atomic E-state index is -0.0566. The van der Waals surface area contributed by atoms with Crippen LogP contribution < -0.4 is 10.6 Å². The third-order valence-electron chi connectivity index (χ3n) is 3.47. The van der Waals surface area contributed by atoms with Gasteiger partial charge in [0, 0.05) is 31.7 Å². The molecule has 1 saturated heterocycles. The molecule has 2 heterocycles. The molecule has 2 N–H and O–H groups in total. The average Bonchev–Trinajstić information content (AvgIpc) is 2.96. The second-order valence-corrected chi connectivity index (χ2v) is 4.83. The molecule has 5 heteroatoms. The average molecular weight is 262 g/mol. The molecular weight excluding hydrogens is 240 g/mol. The summed E-state index contributed by atoms with van der Waals surface area (Å²) < 4.78 is 0. The molecule has 0 atom stereocenters. The lowest BCUT2D eigenvalue weighted by Gasteiger charge is -2.14. The first kappa shape index (κ1) is 13.8. The van der Waals surface area contributed by atoms with Crippen LogP contribution in [0.1, 0.15) is 29.6 Å². The van der Waals surface area contributed by atoms with Gasteiger partial charge in [-0.2, -0.15) is 0 Å². The molecule has 2 rings (SSSR count). The molecule has 1 amide bonds. The van der Waals surface area contributed by atoms with Crippen LogP contribution in [0.2, 0.25) is 0 Å². The fourth-order valence-electron chi connectivity index (χ4n) is 2.40. The standard InChI is InChI=1S/C14H22N4O/c1-15-13-5-7-16-11-12(13)14(19)17-6-4-10-18-8-2-3-9-18/h5,7,11H,2-4,6,8-10H2,1H3,(H,15,16)(H,17,19). The van der Waals surface area contributed by atoms with Gasteiger partial charge in [0.2, 0.25) is 0 Å². The quantitative estimate of drug-likeness (QED) is 0.760. The summed E-state index contributed by atoms with van der Waals surface area (Å²) >= 11 is 0. The fraction of sp³-hybridized carbons (Fsp3) is 0.571. The van der Waals surface area contributed by atoms with Gasteiger partial charge in [0.1, 0.15) is 0 Å². The van der Waals surface area contributed by atoms with Gasteiger partial charge in [0.05, 0.1) is 5.56 Å². The number of carbonyl (C=O) groups excluding carboxylic acids is 1. The van der Waals surface area contributed by atoms with Crippen LogP contribution in [0.3, 0.4) is 0 Å². The van der Waals surface area contributed by atoms with E-state index in [4.69, 9.17) is 0 Å². The summed E-state index contributed by atoms with van der Waals surface area (Å²) in [6.07, 6.45) is 6.90. The molecule has 0 radical (unpaired) electrons. The Morgan fingerprint density at radius 3 is 2.95 bits per heavy atom. The number of anilines is 1. The lowest BCUT2D eigenvalue weighted by molar-refractivity contribution is 0.0952. The molecule has 1 aromatic rings. The number of rotatable bonds is 6. The number of likely N-dealkylation sites (tertiary alicyclic amines) is 1. The van der Waals surface area contributed by atoms with Gasteiger partial charge in [-0.05, 0) is 45.0 Å². The monoisotopic (exact) mass is 262 g/mol. The molecule has 1 fully saturated rings. The van der Waals surface area contributed by atoms with E-state index in [1.54, 1.807) is 25.5 Å². The maximum atomic E-state index is 12.0. The van der Waals surface area contributed by atoms with Crippen LogP contribution in [0.15, 0.2) is 18.5 Å². The Balaban J connectivity index is 1.74. The van der Waals surface area contributed by atoms with Gasteiger partial charge in [-0.3, -0.25) is 9.78 Å². The molecule has 19 heavy (non-hydrogen) atoms. The van der Waals surface area contributed by atoms with Crippen LogP contribution in [-0.4, -0.2) is 49.0 Å². The van der Waals surface area contributed by atoms with Gasteiger partial charge in [-0.25, -0.2) is 0 Å². The summed E-state index contributed by atoms with van der Waals surface area (Å²) in [7, 11) is 1.81. The highest BCUT2D eigenvalue weighted by atomic mass is 16.1. The van der Waals surface area contributed by atoms with Crippen LogP contribution in [0.4, 0.5) is 5.69 Å². The molecule has 0 aliphatic carbocycles. The second-order valence-electron chi connectivity index (χ2n) is 4.83. The van der Waals surface area contributed by atoms with E-state index in [0.717, 1.165) is 18.7 Å². The Bertz CT molecular complexity index is 416. The Morgan fingerprint density at radius 2 is 2.21 bits per heavy atom. The van der Waals surface area contributed by atoms with E-state index in [2.05, 4.69) is 20.5 Å². The minimum absolute atomic E-state index is 0.0566. The largest absolute Gasteiger partial charge is 0.387 e. The van der Waals surface area contributed by atoms with E-state index in [9.17, 15) is 4.79 Å². The first-order valence-electron chi connectivity index (χ1n) is 6.93. The van der Waals surface area contributed by atoms with E-state index >= 15 is 0 Å². The highest BCUT2D eigenvalue weighted by molar-refractivity contribution is 5.99. The molecule has 0 saturated carbocycles. The predicted molar refractivity (Wildman–Crippen MR) is 76.4 cm³/mol. The van der Waals surface area contributed by atoms with E-state index in [0.29, 0.717) is 12.1 Å². The van der Waals surface area contributed by atoms with Crippen molar-refractivity contribution < 1.29 is 4.79 Å². The first-order chi connectivity index (χ1) is 9.31. The minimum Gasteiger partial charge on any atom is -0.387 e. The Hall–Kier alpha value is -1.62. The van der Waals surface area contributed by atoms with Crippen LogP contribution in [-0.2, 0) is 0 Å². The fourth-order valence-corrected chi connectivity index (χ4v) is 2.40. The molecule has 1 aliphatic rings. The van der Waals surface area contributed by atoms with Crippen molar-refractivity contribution in [2.24, 2.45) is 0 Å². The number of nitrogens with one attached hydrogen (secondary N) is 2. The van der Waals surface area contributed by atoms with Crippen molar-refractivity contribution in [1.82, 2.24) is 15.2 Å². The second kappa shape index (κ2) is 7.09. The maximum absolute atomic E-state index is 12.0. The van der Waals surface area contributed by atoms with Crippen molar-refractivity contribution in [3.63, 3.8) is 0 Å². The summed E-state index contributed by atoms with van der Waals surface area (Å²) in [5, 5.41) is 5.95. The molecule has 0 aromatic carbocycles. The number of nitrogens with zero attached hydrogens (tertiary/aromatic N) is 2. The molecule has 1 aliphatic heterocycles. The van der Waals surface area contributed by atoms with Gasteiger partial charge in [0.25, 0.3) is 5.91 Å². The molecule has 104 valence electrons. The SMILES string of the molecule is CNc1ccncc1C(=O)NCCCN1CCCC1. The topological polar surface area (TPSA) is 57.3 Å². The molecule has 0 spiro atoms. The normalized spacial score (nSPS) is 15.4. The van der Waals surface area contributed by atoms with Crippen molar-refractivity contribution >= 4 is 11.6 Å². The van der Waals surface area contributed by atoms with Crippen molar-refractivity contribution in [2.45, 2.75) is 19.3 Å². The van der Waals surface area contributed by atoms with Crippen molar-refractivity contribution in [3.05, 3.63) is 24.0 Å². The summed E-state index contributed by atoms with van der Waals surface area (Å²) in [6.45, 7) is 4.21. The Morgan fingerprint density at radius 1 is 1.42 bits per heavy atom. The summed E-state index contributed by atoms with van der Waals surface area (Å²) in [4.78, 5) is 18.5. The van der Waals surface area contributed by atoms with Crippen LogP contribution in [0.25, 0.3) is 0 Å². The summed E-state index contributed by atoms with van der Waals surface area (Å²) in [6, 6.07) is 1.80. The van der Waals surface area contributed by atoms with E-state index in [1.165, 1.54) is 25.9 Å². The lowest BCUT2D eigenvalue weighted by atomic mass is 10.2. The molecular formula is C14H22N4O. The zero-order valence-electron chi connectivity index (χ0n) is 11.5. The highest BCUT2D eigenvalue weighted by Crippen LogP contribution is 2.12. The smallest absolute Gasteiger partial charge is 0.254 e. The first-order valence-corrected chi connectivity index (χ1v) is 6.93. The maximum Gasteiger partial charge on any atom is 0.254 e. The number of pyridine rings is 1. The number of aromatic nitrogens is 1. The van der Waals surface area contributed by atoms with Crippen LogP contribution >= 0.6 is 0 Å². The zero-order valence-corrected chi connectivity index (χ0v) is 11.5. The number of carbonyl (C=O) groups is 1. The Kier molecular flexibility index (Phi) is 5.15. The third kappa shape index (κ3) is 3.92. The highest BCUT2D eigenvalue weighted by Gasteiger charge is 2.12. The van der Waals surface area contributed by atoms with Crippen LogP contribution in [0.5, 0.6) is 0 Å². The van der Waals surface area contributed by atoms with Crippen LogP contribution in [0, 0.1) is 0 Å². The molecule has 0 unspecified atom stereocenters. The van der Waals surface area contributed by atoms with E-state index in [-0.39, 0.29) is 5.91 Å². The Labute approximate surface area is 114 Å².